The summed E-state index contributed by atoms with van der Waals surface area (Å²) in [6.07, 6.45) is 0. The van der Waals surface area contributed by atoms with Gasteiger partial charge in [-0.05, 0) is 13.0 Å². The molecule has 1 N–H and O–H groups in total. The second-order valence-electron chi connectivity index (χ2n) is 3.91. The second-order valence-corrected chi connectivity index (χ2v) is 5.15. The number of rotatable bonds is 2. The molecule has 2 heterocycles. The molecule has 2 aromatic heterocycles. The van der Waals surface area contributed by atoms with Crippen LogP contribution >= 0.6 is 11.3 Å². The van der Waals surface area contributed by atoms with Crippen molar-refractivity contribution >= 4 is 27.4 Å². The number of thiophene rings is 1. The van der Waals surface area contributed by atoms with Crippen molar-refractivity contribution in [1.29, 1.82) is 0 Å². The topological polar surface area (TPSA) is 37.8 Å². The SMILES string of the molecule is CNc1nc(C(C)C)nc2sc(C)cc12. The minimum absolute atomic E-state index is 0.365. The zero-order chi connectivity index (χ0) is 11.0. The molecule has 0 aliphatic rings. The van der Waals surface area contributed by atoms with Crippen LogP contribution in [0.5, 0.6) is 0 Å². The van der Waals surface area contributed by atoms with Crippen LogP contribution in [0.1, 0.15) is 30.5 Å². The van der Waals surface area contributed by atoms with Crippen molar-refractivity contribution in [3.63, 3.8) is 0 Å². The lowest BCUT2D eigenvalue weighted by Crippen LogP contribution is -2.01. The molecule has 0 atom stereocenters. The first-order valence-electron chi connectivity index (χ1n) is 5.07. The number of aryl methyl sites for hydroxylation is 1. The molecule has 0 spiro atoms. The Kier molecular flexibility index (Phi) is 2.61. The molecular formula is C11H15N3S. The third kappa shape index (κ3) is 1.81. The summed E-state index contributed by atoms with van der Waals surface area (Å²) in [5.41, 5.74) is 0. The van der Waals surface area contributed by atoms with Gasteiger partial charge in [-0.15, -0.1) is 11.3 Å². The number of nitrogens with one attached hydrogen (secondary N) is 1. The molecule has 0 amide bonds. The van der Waals surface area contributed by atoms with Gasteiger partial charge in [-0.3, -0.25) is 0 Å². The smallest absolute Gasteiger partial charge is 0.138 e. The van der Waals surface area contributed by atoms with Gasteiger partial charge in [0.1, 0.15) is 16.5 Å². The normalized spacial score (nSPS) is 11.3. The molecule has 0 fully saturated rings. The summed E-state index contributed by atoms with van der Waals surface area (Å²) >= 11 is 1.72. The molecule has 0 bridgehead atoms. The molecule has 80 valence electrons. The number of nitrogens with zero attached hydrogens (tertiary/aromatic N) is 2. The number of hydrogen-bond acceptors (Lipinski definition) is 4. The minimum atomic E-state index is 0.365. The summed E-state index contributed by atoms with van der Waals surface area (Å²) in [5.74, 6) is 2.21. The summed E-state index contributed by atoms with van der Waals surface area (Å²) in [6.45, 7) is 6.32. The Labute approximate surface area is 93.6 Å². The first-order valence-corrected chi connectivity index (χ1v) is 5.89. The molecule has 15 heavy (non-hydrogen) atoms. The van der Waals surface area contributed by atoms with Gasteiger partial charge < -0.3 is 5.32 Å². The van der Waals surface area contributed by atoms with Gasteiger partial charge in [0, 0.05) is 17.8 Å². The first-order chi connectivity index (χ1) is 7.11. The van der Waals surface area contributed by atoms with E-state index in [0.29, 0.717) is 5.92 Å². The minimum Gasteiger partial charge on any atom is -0.372 e. The van der Waals surface area contributed by atoms with E-state index < -0.39 is 0 Å². The molecule has 0 aromatic carbocycles. The quantitative estimate of drug-likeness (QED) is 0.846. The maximum Gasteiger partial charge on any atom is 0.138 e. The van der Waals surface area contributed by atoms with Crippen LogP contribution in [0.2, 0.25) is 0 Å². The molecule has 0 radical (unpaired) electrons. The van der Waals surface area contributed by atoms with Crippen LogP contribution in [0.3, 0.4) is 0 Å². The Morgan fingerprint density at radius 3 is 2.67 bits per heavy atom. The fraction of sp³-hybridized carbons (Fsp3) is 0.455. The van der Waals surface area contributed by atoms with Gasteiger partial charge in [0.05, 0.1) is 5.39 Å². The Balaban J connectivity index is 2.70. The van der Waals surface area contributed by atoms with Crippen molar-refractivity contribution in [3.8, 4) is 0 Å². The summed E-state index contributed by atoms with van der Waals surface area (Å²) < 4.78 is 0. The van der Waals surface area contributed by atoms with Gasteiger partial charge >= 0.3 is 0 Å². The van der Waals surface area contributed by atoms with Crippen molar-refractivity contribution in [2.75, 3.05) is 12.4 Å². The van der Waals surface area contributed by atoms with E-state index in [1.807, 2.05) is 7.05 Å². The molecular weight excluding hydrogens is 206 g/mol. The number of hydrogen-bond donors (Lipinski definition) is 1. The lowest BCUT2D eigenvalue weighted by atomic mass is 10.2. The van der Waals surface area contributed by atoms with Crippen LogP contribution in [-0.2, 0) is 0 Å². The Bertz CT molecular complexity index is 488. The fourth-order valence-electron chi connectivity index (χ4n) is 1.51. The van der Waals surface area contributed by atoms with Gasteiger partial charge in [-0.25, -0.2) is 9.97 Å². The summed E-state index contributed by atoms with van der Waals surface area (Å²) in [5, 5.41) is 4.26. The standard InChI is InChI=1S/C11H15N3S/c1-6(2)9-13-10(12-4)8-5-7(3)15-11(8)14-9/h5-6H,1-4H3,(H,12,13,14). The van der Waals surface area contributed by atoms with Crippen LogP contribution in [0.25, 0.3) is 10.2 Å². The Hall–Kier alpha value is -1.16. The fourth-order valence-corrected chi connectivity index (χ4v) is 2.39. The summed E-state index contributed by atoms with van der Waals surface area (Å²) in [6, 6.07) is 2.13. The largest absolute Gasteiger partial charge is 0.372 e. The lowest BCUT2D eigenvalue weighted by molar-refractivity contribution is 0.785. The first kappa shape index (κ1) is 10.4. The highest BCUT2D eigenvalue weighted by Crippen LogP contribution is 2.29. The van der Waals surface area contributed by atoms with Crippen LogP contribution in [0.15, 0.2) is 6.07 Å². The van der Waals surface area contributed by atoms with Crippen molar-refractivity contribution in [3.05, 3.63) is 16.8 Å². The van der Waals surface area contributed by atoms with Gasteiger partial charge in [0.25, 0.3) is 0 Å². The van der Waals surface area contributed by atoms with Gasteiger partial charge in [-0.2, -0.15) is 0 Å². The van der Waals surface area contributed by atoms with Crippen molar-refractivity contribution in [2.45, 2.75) is 26.7 Å². The van der Waals surface area contributed by atoms with Crippen LogP contribution in [0.4, 0.5) is 5.82 Å². The molecule has 0 unspecified atom stereocenters. The average Bonchev–Trinajstić information content (AvgIpc) is 2.56. The lowest BCUT2D eigenvalue weighted by Gasteiger charge is -2.07. The third-order valence-corrected chi connectivity index (χ3v) is 3.23. The monoisotopic (exact) mass is 221 g/mol. The third-order valence-electron chi connectivity index (χ3n) is 2.29. The molecule has 0 aliphatic heterocycles. The van der Waals surface area contributed by atoms with Gasteiger partial charge in [0.2, 0.25) is 0 Å². The molecule has 4 heteroatoms. The molecule has 2 aromatic rings. The van der Waals surface area contributed by atoms with E-state index in [2.05, 4.69) is 42.1 Å². The van der Waals surface area contributed by atoms with Crippen LogP contribution < -0.4 is 5.32 Å². The van der Waals surface area contributed by atoms with E-state index in [1.165, 1.54) is 4.88 Å². The number of aromatic nitrogens is 2. The van der Waals surface area contributed by atoms with Crippen molar-refractivity contribution in [1.82, 2.24) is 9.97 Å². The van der Waals surface area contributed by atoms with Crippen molar-refractivity contribution in [2.24, 2.45) is 0 Å². The predicted octanol–water partition coefficient (Wildman–Crippen LogP) is 3.16. The van der Waals surface area contributed by atoms with Gasteiger partial charge in [-0.1, -0.05) is 13.8 Å². The highest BCUT2D eigenvalue weighted by molar-refractivity contribution is 7.18. The van der Waals surface area contributed by atoms with E-state index in [1.54, 1.807) is 11.3 Å². The highest BCUT2D eigenvalue weighted by Gasteiger charge is 2.11. The second kappa shape index (κ2) is 3.77. The molecule has 0 saturated heterocycles. The van der Waals surface area contributed by atoms with E-state index >= 15 is 0 Å². The Morgan fingerprint density at radius 1 is 1.33 bits per heavy atom. The van der Waals surface area contributed by atoms with Crippen LogP contribution in [0, 0.1) is 6.92 Å². The Morgan fingerprint density at radius 2 is 2.07 bits per heavy atom. The van der Waals surface area contributed by atoms with E-state index in [9.17, 15) is 0 Å². The zero-order valence-electron chi connectivity index (χ0n) is 9.46. The van der Waals surface area contributed by atoms with Crippen molar-refractivity contribution < 1.29 is 0 Å². The molecule has 2 rings (SSSR count). The van der Waals surface area contributed by atoms with E-state index in [4.69, 9.17) is 0 Å². The van der Waals surface area contributed by atoms with Gasteiger partial charge in [0.15, 0.2) is 0 Å². The highest BCUT2D eigenvalue weighted by atomic mass is 32.1. The maximum atomic E-state index is 4.57. The van der Waals surface area contributed by atoms with E-state index in [-0.39, 0.29) is 0 Å². The number of fused-ring (bicyclic) bond motifs is 1. The number of anilines is 1. The van der Waals surface area contributed by atoms with E-state index in [0.717, 1.165) is 21.9 Å². The predicted molar refractivity (Wildman–Crippen MR) is 65.8 cm³/mol. The summed E-state index contributed by atoms with van der Waals surface area (Å²) in [4.78, 5) is 11.4. The molecule has 3 nitrogen and oxygen atoms in total. The van der Waals surface area contributed by atoms with Crippen LogP contribution in [-0.4, -0.2) is 17.0 Å². The molecule has 0 aliphatic carbocycles. The summed E-state index contributed by atoms with van der Waals surface area (Å²) in [7, 11) is 1.90. The molecule has 0 saturated carbocycles. The average molecular weight is 221 g/mol. The zero-order valence-corrected chi connectivity index (χ0v) is 10.3. The maximum absolute atomic E-state index is 4.57.